The highest BCUT2D eigenvalue weighted by Crippen LogP contribution is 2.25. The molecule has 0 aliphatic carbocycles. The second-order valence-corrected chi connectivity index (χ2v) is 5.63. The minimum absolute atomic E-state index is 0.112. The van der Waals surface area contributed by atoms with Crippen LogP contribution in [-0.4, -0.2) is 11.5 Å². The molecule has 0 spiro atoms. The molecule has 0 radical (unpaired) electrons. The maximum atomic E-state index is 13.4. The second kappa shape index (κ2) is 6.42. The first-order valence-corrected chi connectivity index (χ1v) is 7.17. The van der Waals surface area contributed by atoms with Gasteiger partial charge in [-0.3, -0.25) is 4.79 Å². The fourth-order valence-corrected chi connectivity index (χ4v) is 2.71. The first-order valence-electron chi connectivity index (χ1n) is 5.43. The fraction of sp³-hybridized carbons (Fsp3) is 0.0714. The van der Waals surface area contributed by atoms with Gasteiger partial charge in [-0.25, -0.2) is 4.39 Å². The van der Waals surface area contributed by atoms with Gasteiger partial charge in [0.05, 0.1) is 10.8 Å². The van der Waals surface area contributed by atoms with Crippen molar-refractivity contribution in [1.29, 1.82) is 0 Å². The number of ketones is 1. The van der Waals surface area contributed by atoms with E-state index in [0.29, 0.717) is 20.5 Å². The van der Waals surface area contributed by atoms with Crippen molar-refractivity contribution in [1.82, 2.24) is 0 Å². The molecule has 98 valence electrons. The minimum Gasteiger partial charge on any atom is -0.293 e. The summed E-state index contributed by atoms with van der Waals surface area (Å²) in [5, 5.41) is 0.798. The zero-order valence-corrected chi connectivity index (χ0v) is 12.0. The van der Waals surface area contributed by atoms with Crippen molar-refractivity contribution in [3.8, 4) is 0 Å². The third kappa shape index (κ3) is 3.72. The summed E-state index contributed by atoms with van der Waals surface area (Å²) in [6.07, 6.45) is 0. The van der Waals surface area contributed by atoms with Crippen LogP contribution in [0.2, 0.25) is 10.0 Å². The Morgan fingerprint density at radius 2 is 1.89 bits per heavy atom. The van der Waals surface area contributed by atoms with Crippen LogP contribution in [0.15, 0.2) is 47.4 Å². The Hall–Kier alpha value is -1.03. The smallest absolute Gasteiger partial charge is 0.174 e. The van der Waals surface area contributed by atoms with Crippen LogP contribution in [0.3, 0.4) is 0 Å². The van der Waals surface area contributed by atoms with Crippen LogP contribution in [0.4, 0.5) is 4.39 Å². The first-order chi connectivity index (χ1) is 9.08. The van der Waals surface area contributed by atoms with Gasteiger partial charge in [-0.15, -0.1) is 11.8 Å². The lowest BCUT2D eigenvalue weighted by atomic mass is 10.1. The average molecular weight is 315 g/mol. The van der Waals surface area contributed by atoms with E-state index in [1.807, 2.05) is 0 Å². The third-order valence-electron chi connectivity index (χ3n) is 2.42. The van der Waals surface area contributed by atoms with E-state index in [0.717, 1.165) is 11.8 Å². The molecule has 0 N–H and O–H groups in total. The van der Waals surface area contributed by atoms with E-state index in [4.69, 9.17) is 23.2 Å². The molecule has 0 unspecified atom stereocenters. The molecule has 0 amide bonds. The van der Waals surface area contributed by atoms with Crippen molar-refractivity contribution in [3.63, 3.8) is 0 Å². The van der Waals surface area contributed by atoms with Gasteiger partial charge in [0, 0.05) is 15.5 Å². The molecule has 0 aromatic heterocycles. The summed E-state index contributed by atoms with van der Waals surface area (Å²) in [6.45, 7) is 0. The zero-order valence-electron chi connectivity index (χ0n) is 9.70. The van der Waals surface area contributed by atoms with Crippen molar-refractivity contribution < 1.29 is 9.18 Å². The van der Waals surface area contributed by atoms with E-state index in [-0.39, 0.29) is 17.4 Å². The summed E-state index contributed by atoms with van der Waals surface area (Å²) in [5.74, 6) is -0.403. The maximum Gasteiger partial charge on any atom is 0.174 e. The summed E-state index contributed by atoms with van der Waals surface area (Å²) in [5.41, 5.74) is 0.359. The van der Waals surface area contributed by atoms with Crippen molar-refractivity contribution in [3.05, 3.63) is 63.9 Å². The van der Waals surface area contributed by atoms with Crippen LogP contribution < -0.4 is 0 Å². The highest BCUT2D eigenvalue weighted by atomic mass is 35.5. The summed E-state index contributed by atoms with van der Waals surface area (Å²) >= 11 is 12.9. The standard InChI is InChI=1S/C14H9Cl2FOS/c15-9-5-6-11(16)10(7-9)13(18)8-19-14-4-2-1-3-12(14)17/h1-7H,8H2. The van der Waals surface area contributed by atoms with Gasteiger partial charge in [0.25, 0.3) is 0 Å². The van der Waals surface area contributed by atoms with E-state index >= 15 is 0 Å². The Morgan fingerprint density at radius 3 is 2.63 bits per heavy atom. The highest BCUT2D eigenvalue weighted by molar-refractivity contribution is 8.00. The molecule has 0 saturated carbocycles. The number of halogens is 3. The van der Waals surface area contributed by atoms with Gasteiger partial charge in [-0.1, -0.05) is 35.3 Å². The normalized spacial score (nSPS) is 10.5. The van der Waals surface area contributed by atoms with E-state index in [1.54, 1.807) is 30.3 Å². The average Bonchev–Trinajstić information content (AvgIpc) is 2.40. The largest absolute Gasteiger partial charge is 0.293 e. The number of rotatable bonds is 4. The number of thioether (sulfide) groups is 1. The van der Waals surface area contributed by atoms with Crippen LogP contribution in [0, 0.1) is 5.82 Å². The van der Waals surface area contributed by atoms with E-state index in [1.165, 1.54) is 12.1 Å². The molecular weight excluding hydrogens is 306 g/mol. The molecule has 0 heterocycles. The lowest BCUT2D eigenvalue weighted by Gasteiger charge is -2.05. The van der Waals surface area contributed by atoms with Crippen LogP contribution in [0.1, 0.15) is 10.4 Å². The van der Waals surface area contributed by atoms with Gasteiger partial charge in [-0.05, 0) is 30.3 Å². The van der Waals surface area contributed by atoms with Gasteiger partial charge >= 0.3 is 0 Å². The highest BCUT2D eigenvalue weighted by Gasteiger charge is 2.12. The molecule has 0 aliphatic heterocycles. The number of Topliss-reactive ketones (excluding diaryl/α,β-unsaturated/α-hetero) is 1. The Bertz CT molecular complexity index is 616. The SMILES string of the molecule is O=C(CSc1ccccc1F)c1cc(Cl)ccc1Cl. The minimum atomic E-state index is -0.336. The molecule has 19 heavy (non-hydrogen) atoms. The molecule has 0 fully saturated rings. The molecule has 0 aliphatic rings. The maximum absolute atomic E-state index is 13.4. The second-order valence-electron chi connectivity index (χ2n) is 3.77. The quantitative estimate of drug-likeness (QED) is 0.576. The molecular formula is C14H9Cl2FOS. The summed E-state index contributed by atoms with van der Waals surface area (Å²) in [7, 11) is 0. The van der Waals surface area contributed by atoms with Crippen LogP contribution in [-0.2, 0) is 0 Å². The lowest BCUT2D eigenvalue weighted by molar-refractivity contribution is 0.102. The molecule has 5 heteroatoms. The molecule has 0 saturated heterocycles. The first kappa shape index (κ1) is 14.4. The summed E-state index contributed by atoms with van der Waals surface area (Å²) < 4.78 is 13.4. The van der Waals surface area contributed by atoms with Gasteiger partial charge in [0.1, 0.15) is 5.82 Å². The number of benzene rings is 2. The van der Waals surface area contributed by atoms with Gasteiger partial charge in [0.2, 0.25) is 0 Å². The Kier molecular flexibility index (Phi) is 4.86. The number of carbonyl (C=O) groups excluding carboxylic acids is 1. The topological polar surface area (TPSA) is 17.1 Å². The number of hydrogen-bond acceptors (Lipinski definition) is 2. The van der Waals surface area contributed by atoms with Gasteiger partial charge < -0.3 is 0 Å². The molecule has 1 nitrogen and oxygen atoms in total. The summed E-state index contributed by atoms with van der Waals surface area (Å²) in [6, 6.07) is 11.0. The molecule has 2 rings (SSSR count). The van der Waals surface area contributed by atoms with Crippen LogP contribution in [0.5, 0.6) is 0 Å². The van der Waals surface area contributed by atoms with E-state index in [9.17, 15) is 9.18 Å². The van der Waals surface area contributed by atoms with Crippen molar-refractivity contribution in [2.45, 2.75) is 4.90 Å². The molecule has 2 aromatic carbocycles. The van der Waals surface area contributed by atoms with Gasteiger partial charge in [-0.2, -0.15) is 0 Å². The Labute approximate surface area is 124 Å². The fourth-order valence-electron chi connectivity index (χ4n) is 1.49. The monoisotopic (exact) mass is 314 g/mol. The Morgan fingerprint density at radius 1 is 1.16 bits per heavy atom. The summed E-state index contributed by atoms with van der Waals surface area (Å²) in [4.78, 5) is 12.5. The van der Waals surface area contributed by atoms with Crippen molar-refractivity contribution in [2.75, 3.05) is 5.75 Å². The van der Waals surface area contributed by atoms with Crippen molar-refractivity contribution in [2.24, 2.45) is 0 Å². The predicted octanol–water partition coefficient (Wildman–Crippen LogP) is 5.11. The Balaban J connectivity index is 2.10. The van der Waals surface area contributed by atoms with E-state index in [2.05, 4.69) is 0 Å². The molecule has 2 aromatic rings. The third-order valence-corrected chi connectivity index (χ3v) is 4.04. The molecule has 0 atom stereocenters. The molecule has 0 bridgehead atoms. The van der Waals surface area contributed by atoms with Crippen LogP contribution in [0.25, 0.3) is 0 Å². The van der Waals surface area contributed by atoms with Crippen molar-refractivity contribution >= 4 is 40.7 Å². The van der Waals surface area contributed by atoms with E-state index < -0.39 is 0 Å². The van der Waals surface area contributed by atoms with Crippen LogP contribution >= 0.6 is 35.0 Å². The number of carbonyl (C=O) groups is 1. The number of hydrogen-bond donors (Lipinski definition) is 0. The van der Waals surface area contributed by atoms with Gasteiger partial charge in [0.15, 0.2) is 5.78 Å². The zero-order chi connectivity index (χ0) is 13.8. The predicted molar refractivity (Wildman–Crippen MR) is 77.9 cm³/mol. The lowest BCUT2D eigenvalue weighted by Crippen LogP contribution is -2.03.